The molecule has 0 aliphatic carbocycles. The van der Waals surface area contributed by atoms with E-state index in [1.54, 1.807) is 12.1 Å². The molecule has 1 aromatic carbocycles. The predicted molar refractivity (Wildman–Crippen MR) is 47.3 cm³/mol. The van der Waals surface area contributed by atoms with Crippen molar-refractivity contribution in [2.24, 2.45) is 0 Å². The van der Waals surface area contributed by atoms with Gasteiger partial charge in [-0.1, -0.05) is 11.6 Å². The van der Waals surface area contributed by atoms with Crippen molar-refractivity contribution in [3.63, 3.8) is 0 Å². The molecule has 1 rings (SSSR count). The van der Waals surface area contributed by atoms with Crippen LogP contribution in [0.1, 0.15) is 5.56 Å². The summed E-state index contributed by atoms with van der Waals surface area (Å²) in [5, 5.41) is 16.2. The summed E-state index contributed by atoms with van der Waals surface area (Å²) in [5.41, 5.74) is 0.468. The number of nitrogens with one attached hydrogen (secondary N) is 1. The lowest BCUT2D eigenvalue weighted by Gasteiger charge is -2.03. The Kier molecular flexibility index (Phi) is 2.55. The molecule has 0 atom stereocenters. The van der Waals surface area contributed by atoms with Crippen LogP contribution in [0.2, 0.25) is 0 Å². The third-order valence-electron chi connectivity index (χ3n) is 1.43. The van der Waals surface area contributed by atoms with Crippen LogP contribution in [0.25, 0.3) is 0 Å². The zero-order valence-electron chi connectivity index (χ0n) is 6.47. The highest BCUT2D eigenvalue weighted by molar-refractivity contribution is 6.68. The highest BCUT2D eigenvalue weighted by atomic mass is 35.5. The Morgan fingerprint density at radius 1 is 1.58 bits per heavy atom. The summed E-state index contributed by atoms with van der Waals surface area (Å²) < 4.78 is 4.82. The Balaban J connectivity index is 3.10. The summed E-state index contributed by atoms with van der Waals surface area (Å²) in [5.74, 6) is 0.358. The van der Waals surface area contributed by atoms with Crippen molar-refractivity contribution in [1.29, 1.82) is 5.41 Å². The van der Waals surface area contributed by atoms with Crippen LogP contribution in [-0.4, -0.2) is 17.4 Å². The number of rotatable bonds is 2. The van der Waals surface area contributed by atoms with Crippen LogP contribution in [-0.2, 0) is 0 Å². The molecule has 0 aliphatic heterocycles. The second-order valence-electron chi connectivity index (χ2n) is 2.20. The van der Waals surface area contributed by atoms with Crippen molar-refractivity contribution in [2.75, 3.05) is 7.11 Å². The lowest BCUT2D eigenvalue weighted by molar-refractivity contribution is 0.373. The van der Waals surface area contributed by atoms with Gasteiger partial charge in [0.1, 0.15) is 5.17 Å². The molecular formula is C8H8ClNO2. The third kappa shape index (κ3) is 1.68. The second kappa shape index (κ2) is 3.45. The molecule has 0 aliphatic rings. The number of methoxy groups -OCH3 is 1. The van der Waals surface area contributed by atoms with Gasteiger partial charge < -0.3 is 9.84 Å². The van der Waals surface area contributed by atoms with Crippen LogP contribution in [0, 0.1) is 5.41 Å². The predicted octanol–water partition coefficient (Wildman–Crippen LogP) is 1.96. The third-order valence-corrected chi connectivity index (χ3v) is 1.65. The van der Waals surface area contributed by atoms with E-state index < -0.39 is 0 Å². The van der Waals surface area contributed by atoms with Gasteiger partial charge >= 0.3 is 0 Å². The molecule has 12 heavy (non-hydrogen) atoms. The first-order valence-electron chi connectivity index (χ1n) is 3.26. The quantitative estimate of drug-likeness (QED) is 0.693. The molecule has 0 bridgehead atoms. The number of halogens is 1. The van der Waals surface area contributed by atoms with Crippen molar-refractivity contribution < 1.29 is 9.84 Å². The van der Waals surface area contributed by atoms with E-state index in [1.807, 2.05) is 0 Å². The van der Waals surface area contributed by atoms with E-state index in [0.29, 0.717) is 11.3 Å². The van der Waals surface area contributed by atoms with E-state index >= 15 is 0 Å². The second-order valence-corrected chi connectivity index (χ2v) is 2.58. The molecule has 0 saturated heterocycles. The molecule has 0 heterocycles. The fourth-order valence-electron chi connectivity index (χ4n) is 0.827. The molecule has 4 heteroatoms. The Hall–Kier alpha value is -1.22. The molecule has 0 unspecified atom stereocenters. The number of benzene rings is 1. The van der Waals surface area contributed by atoms with E-state index in [9.17, 15) is 5.11 Å². The molecule has 1 aromatic rings. The maximum absolute atomic E-state index is 9.26. The fraction of sp³-hybridized carbons (Fsp3) is 0.125. The summed E-state index contributed by atoms with van der Waals surface area (Å²) in [6, 6.07) is 4.55. The van der Waals surface area contributed by atoms with E-state index in [0.717, 1.165) is 0 Å². The summed E-state index contributed by atoms with van der Waals surface area (Å²) in [4.78, 5) is 0. The highest BCUT2D eigenvalue weighted by Gasteiger charge is 2.03. The molecule has 0 spiro atoms. The SMILES string of the molecule is COc1ccc(C(=N)Cl)cc1O. The number of ether oxygens (including phenoxy) is 1. The molecule has 2 N–H and O–H groups in total. The van der Waals surface area contributed by atoms with Gasteiger partial charge in [-0.05, 0) is 18.2 Å². The van der Waals surface area contributed by atoms with Gasteiger partial charge in [0.05, 0.1) is 7.11 Å². The molecule has 0 aromatic heterocycles. The summed E-state index contributed by atoms with van der Waals surface area (Å²) in [6.07, 6.45) is 0. The lowest BCUT2D eigenvalue weighted by Crippen LogP contribution is -1.89. The lowest BCUT2D eigenvalue weighted by atomic mass is 10.2. The standard InChI is InChI=1S/C8H8ClNO2/c1-12-7-3-2-5(8(9)10)4-6(7)11/h2-4,10-11H,1H3. The minimum absolute atomic E-state index is 0.0135. The first-order valence-corrected chi connectivity index (χ1v) is 3.64. The van der Waals surface area contributed by atoms with Gasteiger partial charge in [-0.25, -0.2) is 0 Å². The van der Waals surface area contributed by atoms with Crippen LogP contribution in [0.3, 0.4) is 0 Å². The monoisotopic (exact) mass is 185 g/mol. The fourth-order valence-corrected chi connectivity index (χ4v) is 0.944. The van der Waals surface area contributed by atoms with Gasteiger partial charge in [0.25, 0.3) is 0 Å². The Labute approximate surface area is 75.1 Å². The Morgan fingerprint density at radius 2 is 2.25 bits per heavy atom. The van der Waals surface area contributed by atoms with Crippen molar-refractivity contribution >= 4 is 16.8 Å². The van der Waals surface area contributed by atoms with Crippen LogP contribution < -0.4 is 4.74 Å². The van der Waals surface area contributed by atoms with E-state index in [1.165, 1.54) is 13.2 Å². The van der Waals surface area contributed by atoms with Crippen molar-refractivity contribution in [3.8, 4) is 11.5 Å². The van der Waals surface area contributed by atoms with Gasteiger partial charge in [-0.2, -0.15) is 0 Å². The molecule has 0 amide bonds. The van der Waals surface area contributed by atoms with Crippen molar-refractivity contribution in [1.82, 2.24) is 0 Å². The minimum Gasteiger partial charge on any atom is -0.504 e. The maximum atomic E-state index is 9.26. The Bertz CT molecular complexity index is 312. The number of hydrogen-bond donors (Lipinski definition) is 2. The number of phenolic OH excluding ortho intramolecular Hbond substituents is 1. The molecular weight excluding hydrogens is 178 g/mol. The number of phenols is 1. The van der Waals surface area contributed by atoms with E-state index in [4.69, 9.17) is 21.7 Å². The summed E-state index contributed by atoms with van der Waals surface area (Å²) in [7, 11) is 1.46. The highest BCUT2D eigenvalue weighted by Crippen LogP contribution is 2.26. The van der Waals surface area contributed by atoms with Crippen molar-refractivity contribution in [2.45, 2.75) is 0 Å². The minimum atomic E-state index is -0.104. The zero-order valence-corrected chi connectivity index (χ0v) is 7.22. The first-order chi connectivity index (χ1) is 5.65. The van der Waals surface area contributed by atoms with E-state index in [-0.39, 0.29) is 10.9 Å². The molecule has 0 fully saturated rings. The normalized spacial score (nSPS) is 9.50. The van der Waals surface area contributed by atoms with Gasteiger partial charge in [0.2, 0.25) is 0 Å². The largest absolute Gasteiger partial charge is 0.504 e. The van der Waals surface area contributed by atoms with Crippen LogP contribution >= 0.6 is 11.6 Å². The smallest absolute Gasteiger partial charge is 0.160 e. The molecule has 0 radical (unpaired) electrons. The topological polar surface area (TPSA) is 53.3 Å². The van der Waals surface area contributed by atoms with Gasteiger partial charge in [0.15, 0.2) is 11.5 Å². The summed E-state index contributed by atoms with van der Waals surface area (Å²) >= 11 is 5.40. The van der Waals surface area contributed by atoms with Gasteiger partial charge in [0, 0.05) is 5.56 Å². The summed E-state index contributed by atoms with van der Waals surface area (Å²) in [6.45, 7) is 0. The van der Waals surface area contributed by atoms with E-state index in [2.05, 4.69) is 0 Å². The number of hydrogen-bond acceptors (Lipinski definition) is 3. The average Bonchev–Trinajstić information content (AvgIpc) is 2.04. The molecule has 0 saturated carbocycles. The zero-order chi connectivity index (χ0) is 9.14. The molecule has 3 nitrogen and oxygen atoms in total. The Morgan fingerprint density at radius 3 is 2.67 bits per heavy atom. The van der Waals surface area contributed by atoms with Gasteiger partial charge in [-0.15, -0.1) is 0 Å². The first kappa shape index (κ1) is 8.87. The maximum Gasteiger partial charge on any atom is 0.160 e. The average molecular weight is 186 g/mol. The van der Waals surface area contributed by atoms with Crippen molar-refractivity contribution in [3.05, 3.63) is 23.8 Å². The van der Waals surface area contributed by atoms with Crippen LogP contribution in [0.15, 0.2) is 18.2 Å². The van der Waals surface area contributed by atoms with Crippen LogP contribution in [0.5, 0.6) is 11.5 Å². The van der Waals surface area contributed by atoms with Gasteiger partial charge in [-0.3, -0.25) is 5.41 Å². The molecule has 64 valence electrons. The number of aromatic hydroxyl groups is 1. The van der Waals surface area contributed by atoms with Crippen LogP contribution in [0.4, 0.5) is 0 Å².